The van der Waals surface area contributed by atoms with Crippen molar-refractivity contribution in [3.05, 3.63) is 28.7 Å². The molecule has 1 aliphatic heterocycles. The molecule has 0 bridgehead atoms. The second-order valence-corrected chi connectivity index (χ2v) is 8.14. The number of halogens is 1. The molecule has 20 heavy (non-hydrogen) atoms. The smallest absolute Gasteiger partial charge is 0.238 e. The normalized spacial score (nSPS) is 20.8. The zero-order valence-electron chi connectivity index (χ0n) is 10.9. The topological polar surface area (TPSA) is 75.3 Å². The molecule has 1 heterocycles. The van der Waals surface area contributed by atoms with Gasteiger partial charge in [-0.25, -0.2) is 8.42 Å². The van der Waals surface area contributed by atoms with Gasteiger partial charge in [0.25, 0.3) is 0 Å². The summed E-state index contributed by atoms with van der Waals surface area (Å²) in [5, 5.41) is 5.32. The second kappa shape index (κ2) is 6.69. The second-order valence-electron chi connectivity index (χ2n) is 4.82. The van der Waals surface area contributed by atoms with Crippen molar-refractivity contribution in [2.45, 2.75) is 18.1 Å². The van der Waals surface area contributed by atoms with Crippen molar-refractivity contribution in [3.8, 4) is 0 Å². The molecule has 2 rings (SSSR count). The zero-order valence-corrected chi connectivity index (χ0v) is 13.3. The van der Waals surface area contributed by atoms with E-state index in [4.69, 9.17) is 0 Å². The molecule has 1 unspecified atom stereocenters. The van der Waals surface area contributed by atoms with Gasteiger partial charge in [0.2, 0.25) is 5.91 Å². The summed E-state index contributed by atoms with van der Waals surface area (Å²) in [4.78, 5) is 11.7. The van der Waals surface area contributed by atoms with Crippen molar-refractivity contribution in [3.63, 3.8) is 0 Å². The van der Waals surface area contributed by atoms with Crippen LogP contribution < -0.4 is 10.6 Å². The summed E-state index contributed by atoms with van der Waals surface area (Å²) in [7, 11) is -2.95. The lowest BCUT2D eigenvalue weighted by molar-refractivity contribution is -0.115. The molecule has 0 radical (unpaired) electrons. The van der Waals surface area contributed by atoms with Crippen LogP contribution in [0.5, 0.6) is 0 Å². The number of rotatable bonds is 5. The Kier molecular flexibility index (Phi) is 5.17. The third-order valence-corrected chi connectivity index (χ3v) is 6.00. The number of amides is 1. The molecular formula is C13H17BrN2O3S. The average Bonchev–Trinajstić information content (AvgIpc) is 2.69. The van der Waals surface area contributed by atoms with Gasteiger partial charge in [0.1, 0.15) is 0 Å². The Labute approximate surface area is 127 Å². The highest BCUT2D eigenvalue weighted by molar-refractivity contribution is 9.10. The SMILES string of the molecule is O=C(CNCC1CCCS1(=O)=O)Nc1cccc(Br)c1. The Balaban J connectivity index is 1.76. The number of sulfone groups is 1. The van der Waals surface area contributed by atoms with Crippen LogP contribution in [0.1, 0.15) is 12.8 Å². The minimum atomic E-state index is -2.95. The lowest BCUT2D eigenvalue weighted by Gasteiger charge is -2.11. The van der Waals surface area contributed by atoms with E-state index in [0.29, 0.717) is 18.7 Å². The van der Waals surface area contributed by atoms with Gasteiger partial charge in [0.15, 0.2) is 9.84 Å². The van der Waals surface area contributed by atoms with Gasteiger partial charge in [-0.2, -0.15) is 0 Å². The molecule has 0 aromatic heterocycles. The van der Waals surface area contributed by atoms with E-state index >= 15 is 0 Å². The average molecular weight is 361 g/mol. The highest BCUT2D eigenvalue weighted by atomic mass is 79.9. The molecule has 1 aliphatic rings. The predicted molar refractivity (Wildman–Crippen MR) is 82.5 cm³/mol. The summed E-state index contributed by atoms with van der Waals surface area (Å²) in [5.41, 5.74) is 0.708. The molecule has 2 N–H and O–H groups in total. The number of benzene rings is 1. The van der Waals surface area contributed by atoms with Gasteiger partial charge in [-0.15, -0.1) is 0 Å². The van der Waals surface area contributed by atoms with E-state index in [0.717, 1.165) is 10.9 Å². The van der Waals surface area contributed by atoms with Gasteiger partial charge in [-0.3, -0.25) is 4.79 Å². The van der Waals surface area contributed by atoms with E-state index in [2.05, 4.69) is 26.6 Å². The van der Waals surface area contributed by atoms with E-state index < -0.39 is 9.84 Å². The van der Waals surface area contributed by atoms with Crippen LogP contribution in [0.3, 0.4) is 0 Å². The third kappa shape index (κ3) is 4.29. The first-order chi connectivity index (χ1) is 9.47. The van der Waals surface area contributed by atoms with Gasteiger partial charge in [-0.05, 0) is 31.0 Å². The standard InChI is InChI=1S/C13H17BrN2O3S/c14-10-3-1-4-11(7-10)16-13(17)9-15-8-12-5-2-6-20(12,18)19/h1,3-4,7,12,15H,2,5-6,8-9H2,(H,16,17). The van der Waals surface area contributed by atoms with E-state index in [-0.39, 0.29) is 23.5 Å². The van der Waals surface area contributed by atoms with Crippen molar-refractivity contribution < 1.29 is 13.2 Å². The van der Waals surface area contributed by atoms with Crippen LogP contribution in [0.2, 0.25) is 0 Å². The van der Waals surface area contributed by atoms with Crippen LogP contribution in [-0.4, -0.2) is 38.4 Å². The van der Waals surface area contributed by atoms with Crippen LogP contribution in [0, 0.1) is 0 Å². The number of carbonyl (C=O) groups is 1. The van der Waals surface area contributed by atoms with Crippen LogP contribution in [0.25, 0.3) is 0 Å². The maximum atomic E-state index is 11.7. The molecule has 110 valence electrons. The minimum Gasteiger partial charge on any atom is -0.325 e. The third-order valence-electron chi connectivity index (χ3n) is 3.23. The van der Waals surface area contributed by atoms with Crippen molar-refractivity contribution in [1.29, 1.82) is 0 Å². The highest BCUT2D eigenvalue weighted by Crippen LogP contribution is 2.19. The van der Waals surface area contributed by atoms with Gasteiger partial charge in [0, 0.05) is 16.7 Å². The summed E-state index contributed by atoms with van der Waals surface area (Å²) in [6.45, 7) is 0.451. The first-order valence-corrected chi connectivity index (χ1v) is 8.96. The molecule has 5 nitrogen and oxygen atoms in total. The number of nitrogens with one attached hydrogen (secondary N) is 2. The van der Waals surface area contributed by atoms with Crippen molar-refractivity contribution in [2.75, 3.05) is 24.2 Å². The lowest BCUT2D eigenvalue weighted by Crippen LogP contribution is -2.35. The molecule has 7 heteroatoms. The van der Waals surface area contributed by atoms with Crippen molar-refractivity contribution in [2.24, 2.45) is 0 Å². The molecule has 1 saturated heterocycles. The first kappa shape index (κ1) is 15.5. The molecule has 1 aromatic rings. The Hall–Kier alpha value is -0.920. The molecule has 1 aromatic carbocycles. The Morgan fingerprint density at radius 3 is 2.85 bits per heavy atom. The summed E-state index contributed by atoms with van der Waals surface area (Å²) < 4.78 is 24.1. The fourth-order valence-electron chi connectivity index (χ4n) is 2.21. The van der Waals surface area contributed by atoms with E-state index in [1.54, 1.807) is 12.1 Å². The van der Waals surface area contributed by atoms with E-state index in [9.17, 15) is 13.2 Å². The molecule has 0 spiro atoms. The molecule has 0 aliphatic carbocycles. The number of carbonyl (C=O) groups excluding carboxylic acids is 1. The Morgan fingerprint density at radius 1 is 1.40 bits per heavy atom. The number of hydrogen-bond acceptors (Lipinski definition) is 4. The summed E-state index contributed by atoms with van der Waals surface area (Å²) in [5.74, 6) is 0.0855. The monoisotopic (exact) mass is 360 g/mol. The van der Waals surface area contributed by atoms with Crippen molar-refractivity contribution in [1.82, 2.24) is 5.32 Å². The fraction of sp³-hybridized carbons (Fsp3) is 0.462. The number of hydrogen-bond donors (Lipinski definition) is 2. The number of anilines is 1. The maximum Gasteiger partial charge on any atom is 0.238 e. The minimum absolute atomic E-state index is 0.110. The largest absolute Gasteiger partial charge is 0.325 e. The zero-order chi connectivity index (χ0) is 14.6. The summed E-state index contributed by atoms with van der Waals surface area (Å²) in [6, 6.07) is 7.31. The molecule has 1 amide bonds. The lowest BCUT2D eigenvalue weighted by atomic mass is 10.2. The Morgan fingerprint density at radius 2 is 2.20 bits per heavy atom. The summed E-state index contributed by atoms with van der Waals surface area (Å²) in [6.07, 6.45) is 1.40. The van der Waals surface area contributed by atoms with Gasteiger partial charge in [0.05, 0.1) is 17.5 Å². The first-order valence-electron chi connectivity index (χ1n) is 6.45. The van der Waals surface area contributed by atoms with Gasteiger partial charge < -0.3 is 10.6 Å². The van der Waals surface area contributed by atoms with Crippen LogP contribution in [-0.2, 0) is 14.6 Å². The van der Waals surface area contributed by atoms with Crippen LogP contribution in [0.15, 0.2) is 28.7 Å². The summed E-state index contributed by atoms with van der Waals surface area (Å²) >= 11 is 3.33. The molecule has 1 fully saturated rings. The van der Waals surface area contributed by atoms with E-state index in [1.165, 1.54) is 0 Å². The van der Waals surface area contributed by atoms with Crippen molar-refractivity contribution >= 4 is 37.4 Å². The van der Waals surface area contributed by atoms with Gasteiger partial charge in [-0.1, -0.05) is 22.0 Å². The van der Waals surface area contributed by atoms with Gasteiger partial charge >= 0.3 is 0 Å². The quantitative estimate of drug-likeness (QED) is 0.835. The Bertz CT molecular complexity index is 589. The van der Waals surface area contributed by atoms with Crippen LogP contribution >= 0.6 is 15.9 Å². The predicted octanol–water partition coefficient (Wildman–Crippen LogP) is 1.55. The maximum absolute atomic E-state index is 11.7. The van der Waals surface area contributed by atoms with E-state index in [1.807, 2.05) is 12.1 Å². The fourth-order valence-corrected chi connectivity index (χ4v) is 4.40. The molecular weight excluding hydrogens is 344 g/mol. The highest BCUT2D eigenvalue weighted by Gasteiger charge is 2.30. The molecule has 0 saturated carbocycles. The van der Waals surface area contributed by atoms with Crippen LogP contribution in [0.4, 0.5) is 5.69 Å². The molecule has 1 atom stereocenters.